The molecule has 2 rings (SSSR count). The molecule has 20 heavy (non-hydrogen) atoms. The molecule has 0 aliphatic heterocycles. The van der Waals surface area contributed by atoms with E-state index in [4.69, 9.17) is 0 Å². The minimum absolute atomic E-state index is 0.0906. The molecule has 0 unspecified atom stereocenters. The lowest BCUT2D eigenvalue weighted by Crippen LogP contribution is -2.19. The first-order chi connectivity index (χ1) is 9.84. The zero-order valence-electron chi connectivity index (χ0n) is 11.3. The van der Waals surface area contributed by atoms with Gasteiger partial charge in [-0.1, -0.05) is 60.7 Å². The van der Waals surface area contributed by atoms with Crippen LogP contribution in [-0.2, 0) is 17.6 Å². The summed E-state index contributed by atoms with van der Waals surface area (Å²) < 4.78 is 0. The van der Waals surface area contributed by atoms with E-state index in [9.17, 15) is 4.79 Å². The van der Waals surface area contributed by atoms with E-state index in [0.29, 0.717) is 6.42 Å². The minimum atomic E-state index is -0.0906. The van der Waals surface area contributed by atoms with Crippen LogP contribution >= 0.6 is 0 Å². The van der Waals surface area contributed by atoms with Gasteiger partial charge in [-0.15, -0.1) is 0 Å². The summed E-state index contributed by atoms with van der Waals surface area (Å²) >= 11 is 0. The van der Waals surface area contributed by atoms with E-state index in [0.717, 1.165) is 18.4 Å². The second-order valence-electron chi connectivity index (χ2n) is 4.53. The van der Waals surface area contributed by atoms with Crippen molar-refractivity contribution >= 4 is 12.1 Å². The van der Waals surface area contributed by atoms with Crippen molar-refractivity contribution in [1.82, 2.24) is 5.43 Å². The first-order valence-electron chi connectivity index (χ1n) is 6.73. The number of hydrazone groups is 1. The molecule has 1 N–H and O–H groups in total. The van der Waals surface area contributed by atoms with E-state index in [2.05, 4.69) is 22.7 Å². The Balaban J connectivity index is 1.67. The van der Waals surface area contributed by atoms with Gasteiger partial charge in [0, 0.05) is 6.21 Å². The third kappa shape index (κ3) is 5.06. The molecule has 0 heterocycles. The van der Waals surface area contributed by atoms with Crippen molar-refractivity contribution in [3.8, 4) is 0 Å². The van der Waals surface area contributed by atoms with Crippen molar-refractivity contribution in [3.05, 3.63) is 71.8 Å². The van der Waals surface area contributed by atoms with E-state index in [1.807, 2.05) is 48.5 Å². The van der Waals surface area contributed by atoms with Crippen LogP contribution in [0.2, 0.25) is 0 Å². The Morgan fingerprint density at radius 2 is 1.55 bits per heavy atom. The molecular formula is C17H18N2O. The fourth-order valence-corrected chi connectivity index (χ4v) is 1.88. The second-order valence-corrected chi connectivity index (χ2v) is 4.53. The predicted molar refractivity (Wildman–Crippen MR) is 81.5 cm³/mol. The number of carbonyl (C=O) groups is 1. The van der Waals surface area contributed by atoms with Crippen LogP contribution in [0.4, 0.5) is 0 Å². The third-order valence-corrected chi connectivity index (χ3v) is 2.89. The average Bonchev–Trinajstić information content (AvgIpc) is 2.49. The second kappa shape index (κ2) is 7.89. The molecule has 2 aromatic rings. The van der Waals surface area contributed by atoms with Gasteiger partial charge in [-0.3, -0.25) is 4.79 Å². The van der Waals surface area contributed by atoms with Gasteiger partial charge in [-0.2, -0.15) is 5.10 Å². The summed E-state index contributed by atoms with van der Waals surface area (Å²) in [5, 5.41) is 3.96. The Morgan fingerprint density at radius 3 is 2.20 bits per heavy atom. The average molecular weight is 266 g/mol. The number of nitrogens with zero attached hydrogens (tertiary/aromatic N) is 1. The lowest BCUT2D eigenvalue weighted by molar-refractivity contribution is -0.120. The zero-order chi connectivity index (χ0) is 14.0. The standard InChI is InChI=1S/C17H18N2O/c20-17(14-16-10-5-2-6-11-16)19-18-13-7-12-15-8-3-1-4-9-15/h1-6,8-11,13H,7,12,14H2,(H,19,20)/b18-13+. The summed E-state index contributed by atoms with van der Waals surface area (Å²) in [6.07, 6.45) is 3.85. The van der Waals surface area contributed by atoms with Crippen LogP contribution in [0.25, 0.3) is 0 Å². The molecule has 102 valence electrons. The number of nitrogens with one attached hydrogen (secondary N) is 1. The van der Waals surface area contributed by atoms with E-state index in [1.165, 1.54) is 5.56 Å². The molecule has 0 aliphatic rings. The number of aryl methyl sites for hydroxylation is 1. The Labute approximate surface area is 119 Å². The maximum atomic E-state index is 11.6. The number of benzene rings is 2. The molecule has 0 aliphatic carbocycles. The number of rotatable bonds is 6. The van der Waals surface area contributed by atoms with Crippen LogP contribution in [-0.4, -0.2) is 12.1 Å². The fraction of sp³-hybridized carbons (Fsp3) is 0.176. The summed E-state index contributed by atoms with van der Waals surface area (Å²) in [6, 6.07) is 19.9. The molecule has 0 fully saturated rings. The van der Waals surface area contributed by atoms with Gasteiger partial charge in [0.15, 0.2) is 0 Å². The molecule has 0 saturated heterocycles. The van der Waals surface area contributed by atoms with Crippen molar-refractivity contribution in [2.75, 3.05) is 0 Å². The molecule has 0 atom stereocenters. The highest BCUT2D eigenvalue weighted by atomic mass is 16.2. The van der Waals surface area contributed by atoms with Gasteiger partial charge < -0.3 is 0 Å². The van der Waals surface area contributed by atoms with Gasteiger partial charge in [-0.25, -0.2) is 5.43 Å². The highest BCUT2D eigenvalue weighted by Crippen LogP contribution is 2.01. The first kappa shape index (κ1) is 14.0. The Morgan fingerprint density at radius 1 is 0.950 bits per heavy atom. The third-order valence-electron chi connectivity index (χ3n) is 2.89. The van der Waals surface area contributed by atoms with Gasteiger partial charge in [0.25, 0.3) is 0 Å². The van der Waals surface area contributed by atoms with Crippen LogP contribution in [0.15, 0.2) is 65.8 Å². The SMILES string of the molecule is O=C(Cc1ccccc1)N/N=C/CCc1ccccc1. The van der Waals surface area contributed by atoms with Crippen LogP contribution in [0.1, 0.15) is 17.5 Å². The number of hydrogen-bond acceptors (Lipinski definition) is 2. The van der Waals surface area contributed by atoms with Crippen LogP contribution in [0.5, 0.6) is 0 Å². The largest absolute Gasteiger partial charge is 0.273 e. The van der Waals surface area contributed by atoms with Crippen LogP contribution in [0.3, 0.4) is 0 Å². The normalized spacial score (nSPS) is 10.6. The van der Waals surface area contributed by atoms with Crippen LogP contribution < -0.4 is 5.43 Å². The summed E-state index contributed by atoms with van der Waals surface area (Å²) in [4.78, 5) is 11.6. The lowest BCUT2D eigenvalue weighted by Gasteiger charge is -2.00. The van der Waals surface area contributed by atoms with Crippen molar-refractivity contribution in [3.63, 3.8) is 0 Å². The number of hydrogen-bond donors (Lipinski definition) is 1. The van der Waals surface area contributed by atoms with Crippen molar-refractivity contribution in [2.45, 2.75) is 19.3 Å². The van der Waals surface area contributed by atoms with Gasteiger partial charge >= 0.3 is 0 Å². The summed E-state index contributed by atoms with van der Waals surface area (Å²) in [5.41, 5.74) is 4.81. The minimum Gasteiger partial charge on any atom is -0.273 e. The van der Waals surface area contributed by atoms with Crippen LogP contribution in [0, 0.1) is 0 Å². The highest BCUT2D eigenvalue weighted by Gasteiger charge is 2.00. The van der Waals surface area contributed by atoms with Gasteiger partial charge in [0.2, 0.25) is 5.91 Å². The summed E-state index contributed by atoms with van der Waals surface area (Å²) in [6.45, 7) is 0. The Hall–Kier alpha value is -2.42. The topological polar surface area (TPSA) is 41.5 Å². The van der Waals surface area contributed by atoms with Gasteiger partial charge in [-0.05, 0) is 24.0 Å². The first-order valence-corrected chi connectivity index (χ1v) is 6.73. The maximum absolute atomic E-state index is 11.6. The molecule has 0 spiro atoms. The fourth-order valence-electron chi connectivity index (χ4n) is 1.88. The number of amides is 1. The smallest absolute Gasteiger partial charge is 0.244 e. The van der Waals surface area contributed by atoms with Crippen molar-refractivity contribution in [2.24, 2.45) is 5.10 Å². The van der Waals surface area contributed by atoms with Gasteiger partial charge in [0.05, 0.1) is 6.42 Å². The Kier molecular flexibility index (Phi) is 5.53. The van der Waals surface area contributed by atoms with Crippen molar-refractivity contribution < 1.29 is 4.79 Å². The number of carbonyl (C=O) groups excluding carboxylic acids is 1. The van der Waals surface area contributed by atoms with E-state index in [1.54, 1.807) is 6.21 Å². The maximum Gasteiger partial charge on any atom is 0.244 e. The molecule has 0 bridgehead atoms. The predicted octanol–water partition coefficient (Wildman–Crippen LogP) is 2.96. The zero-order valence-corrected chi connectivity index (χ0v) is 11.3. The molecule has 0 aromatic heterocycles. The summed E-state index contributed by atoms with van der Waals surface area (Å²) in [7, 11) is 0. The summed E-state index contributed by atoms with van der Waals surface area (Å²) in [5.74, 6) is -0.0906. The molecular weight excluding hydrogens is 248 g/mol. The highest BCUT2D eigenvalue weighted by molar-refractivity contribution is 5.79. The molecule has 3 heteroatoms. The lowest BCUT2D eigenvalue weighted by atomic mass is 10.1. The van der Waals surface area contributed by atoms with E-state index >= 15 is 0 Å². The Bertz CT molecular complexity index is 550. The van der Waals surface area contributed by atoms with Gasteiger partial charge in [0.1, 0.15) is 0 Å². The quantitative estimate of drug-likeness (QED) is 0.634. The van der Waals surface area contributed by atoms with E-state index in [-0.39, 0.29) is 5.91 Å². The molecule has 0 radical (unpaired) electrons. The molecule has 3 nitrogen and oxygen atoms in total. The van der Waals surface area contributed by atoms with E-state index < -0.39 is 0 Å². The molecule has 2 aromatic carbocycles. The monoisotopic (exact) mass is 266 g/mol. The molecule has 0 saturated carbocycles. The van der Waals surface area contributed by atoms with Crippen molar-refractivity contribution in [1.29, 1.82) is 0 Å². The molecule has 1 amide bonds.